The van der Waals surface area contributed by atoms with Gasteiger partial charge in [-0.3, -0.25) is 14.9 Å². The van der Waals surface area contributed by atoms with E-state index in [1.165, 1.54) is 6.07 Å². The van der Waals surface area contributed by atoms with Crippen molar-refractivity contribution in [1.29, 1.82) is 0 Å². The Kier molecular flexibility index (Phi) is 4.73. The van der Waals surface area contributed by atoms with E-state index in [1.807, 2.05) is 0 Å². The van der Waals surface area contributed by atoms with Gasteiger partial charge in [0.05, 0.1) is 10.5 Å². The Hall–Kier alpha value is 0.0100. The molecule has 0 radical (unpaired) electrons. The van der Waals surface area contributed by atoms with Gasteiger partial charge in [-0.15, -0.1) is 0 Å². The number of alkyl halides is 3. The fourth-order valence-electron chi connectivity index (χ4n) is 1.05. The number of nitrogens with zero attached hydrogens (tertiary/aromatic N) is 1. The number of phenols is 1. The summed E-state index contributed by atoms with van der Waals surface area (Å²) in [5.41, 5.74) is -0.726. The van der Waals surface area contributed by atoms with Gasteiger partial charge in [-0.05, 0) is 6.07 Å². The molecule has 1 aromatic carbocycles. The lowest BCUT2D eigenvalue weighted by molar-refractivity contribution is -0.386. The van der Waals surface area contributed by atoms with Crippen LogP contribution in [-0.2, 0) is 0 Å². The number of nitro groups is 1. The smallest absolute Gasteiger partial charge is 0.312 e. The zero-order chi connectivity index (χ0) is 13.4. The number of halogens is 4. The van der Waals surface area contributed by atoms with Crippen LogP contribution >= 0.6 is 63.7 Å². The molecule has 0 saturated heterocycles. The van der Waals surface area contributed by atoms with Crippen molar-refractivity contribution < 1.29 is 14.8 Å². The first kappa shape index (κ1) is 15.1. The van der Waals surface area contributed by atoms with Crippen LogP contribution in [0.4, 0.5) is 5.69 Å². The summed E-state index contributed by atoms with van der Waals surface area (Å²) < 4.78 is -0.957. The summed E-state index contributed by atoms with van der Waals surface area (Å²) in [7, 11) is 0. The number of Topliss-reactive ketones (excluding diaryl/α,β-unsaturated/α-hetero) is 1. The van der Waals surface area contributed by atoms with Gasteiger partial charge >= 0.3 is 5.69 Å². The van der Waals surface area contributed by atoms with E-state index >= 15 is 0 Å². The molecule has 5 nitrogen and oxygen atoms in total. The maximum absolute atomic E-state index is 11.9. The average molecular weight is 497 g/mol. The SMILES string of the molecule is O=C(c1cc(Br)cc([N+](=O)[O-])c1O)C(Br)(Br)Br. The molecule has 0 atom stereocenters. The summed E-state index contributed by atoms with van der Waals surface area (Å²) in [4.78, 5) is 21.8. The Morgan fingerprint density at radius 3 is 2.29 bits per heavy atom. The van der Waals surface area contributed by atoms with Crippen molar-refractivity contribution in [3.63, 3.8) is 0 Å². The maximum Gasteiger partial charge on any atom is 0.312 e. The van der Waals surface area contributed by atoms with Gasteiger partial charge < -0.3 is 5.11 Å². The molecule has 17 heavy (non-hydrogen) atoms. The summed E-state index contributed by atoms with van der Waals surface area (Å²) in [5, 5.41) is 20.3. The predicted molar refractivity (Wildman–Crippen MR) is 76.3 cm³/mol. The number of phenolic OH excluding ortho intramolecular Hbond substituents is 1. The van der Waals surface area contributed by atoms with E-state index in [-0.39, 0.29) is 5.56 Å². The summed E-state index contributed by atoms with van der Waals surface area (Å²) >= 11 is 12.0. The number of carbonyl (C=O) groups excluding carboxylic acids is 1. The van der Waals surface area contributed by atoms with Crippen LogP contribution in [0.5, 0.6) is 5.75 Å². The topological polar surface area (TPSA) is 80.4 Å². The van der Waals surface area contributed by atoms with E-state index in [2.05, 4.69) is 63.7 Å². The number of nitro benzene ring substituents is 1. The van der Waals surface area contributed by atoms with Gasteiger partial charge in [0, 0.05) is 10.5 Å². The zero-order valence-corrected chi connectivity index (χ0v) is 14.1. The van der Waals surface area contributed by atoms with Gasteiger partial charge in [0.25, 0.3) is 0 Å². The van der Waals surface area contributed by atoms with Gasteiger partial charge in [-0.1, -0.05) is 63.7 Å². The molecule has 0 aliphatic carbocycles. The normalized spacial score (nSPS) is 11.3. The fourth-order valence-corrected chi connectivity index (χ4v) is 2.14. The van der Waals surface area contributed by atoms with E-state index in [1.54, 1.807) is 0 Å². The van der Waals surface area contributed by atoms with Crippen LogP contribution in [0.1, 0.15) is 10.4 Å². The second-order valence-electron chi connectivity index (χ2n) is 2.91. The Labute approximate surface area is 129 Å². The molecule has 0 amide bonds. The van der Waals surface area contributed by atoms with Crippen molar-refractivity contribution in [1.82, 2.24) is 0 Å². The average Bonchev–Trinajstić information content (AvgIpc) is 2.18. The standard InChI is InChI=1S/C8H3Br4NO4/c9-3-1-4(7(15)8(10,11)12)6(14)5(2-3)13(16)17/h1-2,14H. The van der Waals surface area contributed by atoms with Crippen LogP contribution in [0.15, 0.2) is 16.6 Å². The van der Waals surface area contributed by atoms with Crippen molar-refractivity contribution in [3.8, 4) is 5.75 Å². The molecule has 0 saturated carbocycles. The monoisotopic (exact) mass is 493 g/mol. The fraction of sp³-hybridized carbons (Fsp3) is 0.125. The Bertz CT molecular complexity index is 497. The summed E-state index contributed by atoms with van der Waals surface area (Å²) in [6, 6.07) is 2.41. The van der Waals surface area contributed by atoms with E-state index in [9.17, 15) is 20.0 Å². The van der Waals surface area contributed by atoms with E-state index in [0.29, 0.717) is 4.47 Å². The van der Waals surface area contributed by atoms with E-state index < -0.39 is 24.3 Å². The predicted octanol–water partition coefficient (Wildman–Crippen LogP) is 4.08. The minimum Gasteiger partial charge on any atom is -0.502 e. The Morgan fingerprint density at radius 1 is 1.35 bits per heavy atom. The Morgan fingerprint density at radius 2 is 1.88 bits per heavy atom. The quantitative estimate of drug-likeness (QED) is 0.290. The molecular weight excluding hydrogens is 494 g/mol. The highest BCUT2D eigenvalue weighted by Gasteiger charge is 2.34. The zero-order valence-electron chi connectivity index (χ0n) is 7.79. The van der Waals surface area contributed by atoms with Crippen LogP contribution in [-0.4, -0.2) is 18.0 Å². The molecule has 9 heteroatoms. The molecule has 1 N–H and O–H groups in total. The molecule has 0 heterocycles. The van der Waals surface area contributed by atoms with Gasteiger partial charge in [0.15, 0.2) is 2.14 Å². The van der Waals surface area contributed by atoms with Crippen molar-refractivity contribution in [3.05, 3.63) is 32.3 Å². The highest BCUT2D eigenvalue weighted by molar-refractivity contribution is 9.40. The molecule has 0 aliphatic heterocycles. The molecule has 0 fully saturated rings. The lowest BCUT2D eigenvalue weighted by Gasteiger charge is -2.12. The van der Waals surface area contributed by atoms with Crippen LogP contribution < -0.4 is 0 Å². The summed E-state index contributed by atoms with van der Waals surface area (Å²) in [5.74, 6) is -1.27. The van der Waals surface area contributed by atoms with Crippen molar-refractivity contribution in [2.24, 2.45) is 0 Å². The van der Waals surface area contributed by atoms with E-state index in [4.69, 9.17) is 0 Å². The van der Waals surface area contributed by atoms with Crippen LogP contribution in [0.25, 0.3) is 0 Å². The lowest BCUT2D eigenvalue weighted by Crippen LogP contribution is -2.17. The third-order valence-electron chi connectivity index (χ3n) is 1.75. The number of carbonyl (C=O) groups is 1. The number of rotatable bonds is 2. The van der Waals surface area contributed by atoms with Crippen molar-refractivity contribution >= 4 is 75.2 Å². The third-order valence-corrected chi connectivity index (χ3v) is 3.29. The Balaban J connectivity index is 3.45. The second kappa shape index (κ2) is 5.33. The molecule has 0 bridgehead atoms. The van der Waals surface area contributed by atoms with Crippen LogP contribution in [0.3, 0.4) is 0 Å². The lowest BCUT2D eigenvalue weighted by atomic mass is 10.1. The number of ketones is 1. The highest BCUT2D eigenvalue weighted by atomic mass is 80.0. The summed E-state index contributed by atoms with van der Waals surface area (Å²) in [6.07, 6.45) is 0. The molecule has 0 aliphatic rings. The first-order valence-corrected chi connectivity index (χ1v) is 7.10. The van der Waals surface area contributed by atoms with Crippen molar-refractivity contribution in [2.45, 2.75) is 2.14 Å². The first-order valence-electron chi connectivity index (χ1n) is 3.93. The first-order chi connectivity index (χ1) is 7.64. The highest BCUT2D eigenvalue weighted by Crippen LogP contribution is 2.42. The van der Waals surface area contributed by atoms with Crippen molar-refractivity contribution in [2.75, 3.05) is 0 Å². The van der Waals surface area contributed by atoms with Gasteiger partial charge in [0.1, 0.15) is 0 Å². The van der Waals surface area contributed by atoms with Gasteiger partial charge in [-0.2, -0.15) is 0 Å². The number of hydrogen-bond acceptors (Lipinski definition) is 4. The minimum absolute atomic E-state index is 0.184. The number of benzene rings is 1. The molecule has 1 aromatic rings. The molecule has 0 aromatic heterocycles. The third kappa shape index (κ3) is 3.49. The number of aromatic hydroxyl groups is 1. The minimum atomic E-state index is -1.28. The molecule has 92 valence electrons. The van der Waals surface area contributed by atoms with E-state index in [0.717, 1.165) is 6.07 Å². The largest absolute Gasteiger partial charge is 0.502 e. The molecule has 0 unspecified atom stereocenters. The second-order valence-corrected chi connectivity index (χ2v) is 10.6. The molecular formula is C8H3Br4NO4. The molecule has 1 rings (SSSR count). The van der Waals surface area contributed by atoms with Crippen LogP contribution in [0, 0.1) is 10.1 Å². The molecule has 0 spiro atoms. The maximum atomic E-state index is 11.9. The number of hydrogen-bond donors (Lipinski definition) is 1. The van der Waals surface area contributed by atoms with Gasteiger partial charge in [-0.25, -0.2) is 0 Å². The summed E-state index contributed by atoms with van der Waals surface area (Å²) in [6.45, 7) is 0. The van der Waals surface area contributed by atoms with Crippen LogP contribution in [0.2, 0.25) is 0 Å². The van der Waals surface area contributed by atoms with Gasteiger partial charge in [0.2, 0.25) is 11.5 Å².